The molecule has 1 aliphatic rings. The van der Waals surface area contributed by atoms with Crippen molar-refractivity contribution in [1.29, 1.82) is 0 Å². The third-order valence-electron chi connectivity index (χ3n) is 4.04. The van der Waals surface area contributed by atoms with E-state index in [0.29, 0.717) is 16.7 Å². The van der Waals surface area contributed by atoms with Crippen molar-refractivity contribution < 1.29 is 4.74 Å². The maximum absolute atomic E-state index is 6.06. The lowest BCUT2D eigenvalue weighted by molar-refractivity contribution is 0.216. The first-order valence-corrected chi connectivity index (χ1v) is 10.6. The van der Waals surface area contributed by atoms with Crippen LogP contribution in [0, 0.1) is 0 Å². The lowest BCUT2D eigenvalue weighted by atomic mass is 10.1. The number of benzene rings is 1. The number of unbranched alkanes of at least 4 members (excludes halogenated alkanes) is 3. The molecule has 1 aromatic heterocycles. The number of anilines is 1. The van der Waals surface area contributed by atoms with E-state index in [-0.39, 0.29) is 6.23 Å². The highest BCUT2D eigenvalue weighted by atomic mass is 79.9. The molecule has 7 heteroatoms. The highest BCUT2D eigenvalue weighted by molar-refractivity contribution is 9.10. The van der Waals surface area contributed by atoms with E-state index >= 15 is 0 Å². The van der Waals surface area contributed by atoms with Gasteiger partial charge in [0.25, 0.3) is 0 Å². The first kappa shape index (κ1) is 18.5. The molecule has 2 aromatic rings. The van der Waals surface area contributed by atoms with Crippen molar-refractivity contribution in [3.8, 4) is 17.1 Å². The first-order valence-electron chi connectivity index (χ1n) is 8.82. The standard InChI is InChI=1S/C18H23BrN4OS/c1-3-5-6-7-10-25-18-21-17-16(22-23-18)13-11-12(19)8-9-14(13)20-15(4-2)24-17/h8-9,11,15,20H,3-7,10H2,1-2H3/t15-/m1/s1. The average Bonchev–Trinajstić information content (AvgIpc) is 2.77. The molecule has 25 heavy (non-hydrogen) atoms. The van der Waals surface area contributed by atoms with E-state index in [9.17, 15) is 0 Å². The molecule has 1 N–H and O–H groups in total. The molecule has 3 rings (SSSR count). The van der Waals surface area contributed by atoms with E-state index in [4.69, 9.17) is 4.74 Å². The summed E-state index contributed by atoms with van der Waals surface area (Å²) in [6.45, 7) is 4.30. The molecule has 0 saturated heterocycles. The van der Waals surface area contributed by atoms with Crippen LogP contribution in [-0.2, 0) is 0 Å². The fourth-order valence-electron chi connectivity index (χ4n) is 2.66. The summed E-state index contributed by atoms with van der Waals surface area (Å²) in [6, 6.07) is 6.06. The highest BCUT2D eigenvalue weighted by Crippen LogP contribution is 2.38. The fraction of sp³-hybridized carbons (Fsp3) is 0.500. The van der Waals surface area contributed by atoms with Crippen LogP contribution in [0.4, 0.5) is 5.69 Å². The van der Waals surface area contributed by atoms with Crippen molar-refractivity contribution in [2.75, 3.05) is 11.1 Å². The van der Waals surface area contributed by atoms with E-state index in [1.807, 2.05) is 18.2 Å². The van der Waals surface area contributed by atoms with Gasteiger partial charge >= 0.3 is 0 Å². The average molecular weight is 423 g/mol. The molecule has 1 aliphatic heterocycles. The van der Waals surface area contributed by atoms with Gasteiger partial charge in [-0.2, -0.15) is 4.98 Å². The molecule has 0 bridgehead atoms. The Hall–Kier alpha value is -1.34. The number of nitrogens with zero attached hydrogens (tertiary/aromatic N) is 3. The third kappa shape index (κ3) is 4.64. The number of thioether (sulfide) groups is 1. The molecule has 0 amide bonds. The minimum Gasteiger partial charge on any atom is -0.452 e. The molecule has 0 saturated carbocycles. The quantitative estimate of drug-likeness (QED) is 0.468. The summed E-state index contributed by atoms with van der Waals surface area (Å²) in [7, 11) is 0. The van der Waals surface area contributed by atoms with Gasteiger partial charge in [-0.15, -0.1) is 10.2 Å². The van der Waals surface area contributed by atoms with Gasteiger partial charge in [0, 0.05) is 27.9 Å². The van der Waals surface area contributed by atoms with Crippen LogP contribution in [0.15, 0.2) is 27.8 Å². The minimum atomic E-state index is -0.125. The predicted molar refractivity (Wildman–Crippen MR) is 106 cm³/mol. The van der Waals surface area contributed by atoms with Crippen LogP contribution in [0.2, 0.25) is 0 Å². The molecule has 0 unspecified atom stereocenters. The fourth-order valence-corrected chi connectivity index (χ4v) is 3.80. The smallest absolute Gasteiger partial charge is 0.247 e. The van der Waals surface area contributed by atoms with E-state index in [2.05, 4.69) is 50.3 Å². The summed E-state index contributed by atoms with van der Waals surface area (Å²) in [6.07, 6.45) is 5.66. The van der Waals surface area contributed by atoms with Crippen LogP contribution >= 0.6 is 27.7 Å². The number of nitrogens with one attached hydrogen (secondary N) is 1. The van der Waals surface area contributed by atoms with E-state index in [0.717, 1.165) is 27.9 Å². The molecule has 0 fully saturated rings. The molecule has 0 aliphatic carbocycles. The summed E-state index contributed by atoms with van der Waals surface area (Å²) in [5.41, 5.74) is 2.64. The molecule has 2 heterocycles. The van der Waals surface area contributed by atoms with Gasteiger partial charge in [-0.1, -0.05) is 60.8 Å². The van der Waals surface area contributed by atoms with Crippen LogP contribution in [-0.4, -0.2) is 27.2 Å². The number of fused-ring (bicyclic) bond motifs is 3. The van der Waals surface area contributed by atoms with Gasteiger partial charge in [-0.25, -0.2) is 0 Å². The molecule has 134 valence electrons. The Bertz CT molecular complexity index is 728. The van der Waals surface area contributed by atoms with Gasteiger partial charge in [-0.05, 0) is 24.6 Å². The maximum atomic E-state index is 6.06. The Labute approximate surface area is 161 Å². The van der Waals surface area contributed by atoms with E-state index < -0.39 is 0 Å². The topological polar surface area (TPSA) is 59.9 Å². The van der Waals surface area contributed by atoms with E-state index in [1.54, 1.807) is 11.8 Å². The Balaban J connectivity index is 1.83. The Morgan fingerprint density at radius 2 is 2.08 bits per heavy atom. The second kappa shape index (κ2) is 8.85. The zero-order valence-corrected chi connectivity index (χ0v) is 17.0. The number of rotatable bonds is 7. The Kier molecular flexibility index (Phi) is 6.53. The monoisotopic (exact) mass is 422 g/mol. The summed E-state index contributed by atoms with van der Waals surface area (Å²) in [5.74, 6) is 1.57. The Morgan fingerprint density at radius 3 is 2.88 bits per heavy atom. The van der Waals surface area contributed by atoms with Crippen molar-refractivity contribution in [2.45, 2.75) is 57.3 Å². The van der Waals surface area contributed by atoms with Gasteiger partial charge in [0.15, 0.2) is 11.9 Å². The van der Waals surface area contributed by atoms with Crippen molar-refractivity contribution in [1.82, 2.24) is 15.2 Å². The van der Waals surface area contributed by atoms with Crippen LogP contribution in [0.3, 0.4) is 0 Å². The van der Waals surface area contributed by atoms with Crippen LogP contribution < -0.4 is 10.1 Å². The number of halogens is 1. The first-order chi connectivity index (χ1) is 12.2. The lowest BCUT2D eigenvalue weighted by Crippen LogP contribution is -2.24. The summed E-state index contributed by atoms with van der Waals surface area (Å²) >= 11 is 5.18. The van der Waals surface area contributed by atoms with Crippen molar-refractivity contribution in [3.05, 3.63) is 22.7 Å². The van der Waals surface area contributed by atoms with Crippen LogP contribution in [0.5, 0.6) is 5.88 Å². The molecule has 5 nitrogen and oxygen atoms in total. The zero-order valence-electron chi connectivity index (χ0n) is 14.6. The molecular weight excluding hydrogens is 400 g/mol. The van der Waals surface area contributed by atoms with Gasteiger partial charge < -0.3 is 10.1 Å². The van der Waals surface area contributed by atoms with Crippen molar-refractivity contribution >= 4 is 33.4 Å². The van der Waals surface area contributed by atoms with Gasteiger partial charge in [0.2, 0.25) is 11.0 Å². The van der Waals surface area contributed by atoms with Gasteiger partial charge in [0.05, 0.1) is 0 Å². The maximum Gasteiger partial charge on any atom is 0.247 e. The summed E-state index contributed by atoms with van der Waals surface area (Å²) in [5, 5.41) is 12.8. The van der Waals surface area contributed by atoms with Crippen molar-refractivity contribution in [3.63, 3.8) is 0 Å². The number of aromatic nitrogens is 3. The lowest BCUT2D eigenvalue weighted by Gasteiger charge is -2.16. The SMILES string of the molecule is CCCCCCSc1nnc2c(n1)O[C@H](CC)Nc1ccc(Br)cc1-2. The largest absolute Gasteiger partial charge is 0.452 e. The summed E-state index contributed by atoms with van der Waals surface area (Å²) in [4.78, 5) is 4.63. The Morgan fingerprint density at radius 1 is 1.20 bits per heavy atom. The highest BCUT2D eigenvalue weighted by Gasteiger charge is 2.24. The molecular formula is C18H23BrN4OS. The zero-order chi connectivity index (χ0) is 17.6. The second-order valence-electron chi connectivity index (χ2n) is 6.01. The molecule has 0 radical (unpaired) electrons. The van der Waals surface area contributed by atoms with Gasteiger partial charge in [0.1, 0.15) is 0 Å². The van der Waals surface area contributed by atoms with Gasteiger partial charge in [-0.3, -0.25) is 0 Å². The van der Waals surface area contributed by atoms with E-state index in [1.165, 1.54) is 25.7 Å². The minimum absolute atomic E-state index is 0.125. The predicted octanol–water partition coefficient (Wildman–Crippen LogP) is 5.51. The van der Waals surface area contributed by atoms with Crippen LogP contribution in [0.1, 0.15) is 46.0 Å². The molecule has 0 spiro atoms. The summed E-state index contributed by atoms with van der Waals surface area (Å²) < 4.78 is 7.05. The number of ether oxygens (including phenoxy) is 1. The normalized spacial score (nSPS) is 15.6. The second-order valence-corrected chi connectivity index (χ2v) is 7.98. The number of hydrogen-bond acceptors (Lipinski definition) is 6. The van der Waals surface area contributed by atoms with Crippen LogP contribution in [0.25, 0.3) is 11.3 Å². The number of hydrogen-bond donors (Lipinski definition) is 1. The molecule has 1 aromatic carbocycles. The third-order valence-corrected chi connectivity index (χ3v) is 5.46. The molecule has 1 atom stereocenters. The van der Waals surface area contributed by atoms with Crippen molar-refractivity contribution in [2.24, 2.45) is 0 Å².